The lowest BCUT2D eigenvalue weighted by molar-refractivity contribution is 0.184. The van der Waals surface area contributed by atoms with Crippen molar-refractivity contribution in [2.75, 3.05) is 14.2 Å². The van der Waals surface area contributed by atoms with Crippen LogP contribution in [0.5, 0.6) is 5.75 Å². The molecule has 0 fully saturated rings. The number of carbonyl (C=O) groups is 1. The zero-order valence-electron chi connectivity index (χ0n) is 16.6. The zero-order valence-corrected chi connectivity index (χ0v) is 16.6. The fraction of sp³-hybridized carbons (Fsp3) is 0.227. The maximum atomic E-state index is 12.5. The van der Waals surface area contributed by atoms with E-state index in [9.17, 15) is 4.79 Å². The lowest BCUT2D eigenvalue weighted by atomic mass is 9.94. The molecule has 0 radical (unpaired) electrons. The molecule has 2 heterocycles. The Morgan fingerprint density at radius 3 is 2.59 bits per heavy atom. The molecule has 2 aromatic carbocycles. The number of nitrogens with one attached hydrogen (secondary N) is 2. The van der Waals surface area contributed by atoms with Crippen molar-refractivity contribution in [3.8, 4) is 17.0 Å². The molecule has 2 amide bonds. The molecule has 7 nitrogen and oxygen atoms in total. The van der Waals surface area contributed by atoms with Crippen LogP contribution in [-0.2, 0) is 6.42 Å². The second-order valence-electron chi connectivity index (χ2n) is 6.97. The third-order valence-electron chi connectivity index (χ3n) is 5.10. The van der Waals surface area contributed by atoms with Gasteiger partial charge in [-0.3, -0.25) is 5.10 Å². The third-order valence-corrected chi connectivity index (χ3v) is 5.10. The van der Waals surface area contributed by atoms with Crippen molar-refractivity contribution in [1.82, 2.24) is 20.5 Å². The molecule has 1 aromatic heterocycles. The molecule has 4 rings (SSSR count). The summed E-state index contributed by atoms with van der Waals surface area (Å²) in [5.74, 6) is 0.756. The Bertz CT molecular complexity index is 1040. The van der Waals surface area contributed by atoms with Gasteiger partial charge in [-0.05, 0) is 42.7 Å². The van der Waals surface area contributed by atoms with Crippen molar-refractivity contribution in [2.24, 2.45) is 5.10 Å². The summed E-state index contributed by atoms with van der Waals surface area (Å²) in [6, 6.07) is 15.6. The van der Waals surface area contributed by atoms with E-state index >= 15 is 0 Å². The average molecular weight is 389 g/mol. The molecule has 1 aliphatic heterocycles. The number of hydrogen-bond acceptors (Lipinski definition) is 4. The van der Waals surface area contributed by atoms with Gasteiger partial charge in [-0.15, -0.1) is 0 Å². The Morgan fingerprint density at radius 1 is 1.17 bits per heavy atom. The van der Waals surface area contributed by atoms with E-state index in [-0.39, 0.29) is 12.1 Å². The van der Waals surface area contributed by atoms with Gasteiger partial charge in [-0.2, -0.15) is 10.2 Å². The van der Waals surface area contributed by atoms with Crippen LogP contribution in [0.4, 0.5) is 4.79 Å². The quantitative estimate of drug-likeness (QED) is 0.720. The van der Waals surface area contributed by atoms with Crippen LogP contribution in [0.1, 0.15) is 23.6 Å². The SMILES string of the molecule is CNC(=O)N1N=C(c2ccc(-c3ccn[nH]3)cc2)c2cc(OC)ccc2C[C@@H]1C. The first kappa shape index (κ1) is 18.7. The van der Waals surface area contributed by atoms with Crippen LogP contribution in [0.15, 0.2) is 59.8 Å². The summed E-state index contributed by atoms with van der Waals surface area (Å²) in [5, 5.41) is 15.9. The van der Waals surface area contributed by atoms with E-state index in [1.807, 2.05) is 55.5 Å². The second-order valence-corrected chi connectivity index (χ2v) is 6.97. The van der Waals surface area contributed by atoms with Crippen LogP contribution in [0, 0.1) is 0 Å². The first-order valence-electron chi connectivity index (χ1n) is 9.47. The van der Waals surface area contributed by atoms with E-state index in [0.717, 1.165) is 39.4 Å². The van der Waals surface area contributed by atoms with Gasteiger partial charge >= 0.3 is 6.03 Å². The molecule has 29 heavy (non-hydrogen) atoms. The van der Waals surface area contributed by atoms with Gasteiger partial charge in [0.15, 0.2) is 0 Å². The number of methoxy groups -OCH3 is 1. The number of H-pyrrole nitrogens is 1. The largest absolute Gasteiger partial charge is 0.497 e. The molecule has 0 spiro atoms. The number of carbonyl (C=O) groups excluding carboxylic acids is 1. The molecule has 0 bridgehead atoms. The van der Waals surface area contributed by atoms with Crippen molar-refractivity contribution in [3.05, 3.63) is 71.4 Å². The number of aromatic amines is 1. The fourth-order valence-electron chi connectivity index (χ4n) is 3.54. The zero-order chi connectivity index (χ0) is 20.4. The minimum Gasteiger partial charge on any atom is -0.497 e. The van der Waals surface area contributed by atoms with Crippen LogP contribution in [0.3, 0.4) is 0 Å². The van der Waals surface area contributed by atoms with E-state index in [1.54, 1.807) is 20.4 Å². The number of benzene rings is 2. The van der Waals surface area contributed by atoms with Gasteiger partial charge in [0, 0.05) is 24.4 Å². The molecule has 0 saturated carbocycles. The Balaban J connectivity index is 1.84. The van der Waals surface area contributed by atoms with Crippen molar-refractivity contribution in [1.29, 1.82) is 0 Å². The van der Waals surface area contributed by atoms with Crippen molar-refractivity contribution >= 4 is 11.7 Å². The molecular weight excluding hydrogens is 366 g/mol. The smallest absolute Gasteiger partial charge is 0.337 e. The van der Waals surface area contributed by atoms with Crippen molar-refractivity contribution in [2.45, 2.75) is 19.4 Å². The molecule has 2 N–H and O–H groups in total. The number of hydrazone groups is 1. The normalized spacial score (nSPS) is 15.9. The highest BCUT2D eigenvalue weighted by Gasteiger charge is 2.27. The van der Waals surface area contributed by atoms with Crippen LogP contribution in [0.2, 0.25) is 0 Å². The van der Waals surface area contributed by atoms with Crippen molar-refractivity contribution in [3.63, 3.8) is 0 Å². The van der Waals surface area contributed by atoms with E-state index in [1.165, 1.54) is 5.01 Å². The lowest BCUT2D eigenvalue weighted by Gasteiger charge is -2.22. The summed E-state index contributed by atoms with van der Waals surface area (Å²) in [6.07, 6.45) is 2.43. The van der Waals surface area contributed by atoms with Gasteiger partial charge in [0.2, 0.25) is 0 Å². The molecule has 1 atom stereocenters. The maximum absolute atomic E-state index is 12.5. The molecule has 0 unspecified atom stereocenters. The highest BCUT2D eigenvalue weighted by Crippen LogP contribution is 2.28. The third kappa shape index (κ3) is 3.59. The highest BCUT2D eigenvalue weighted by atomic mass is 16.5. The summed E-state index contributed by atoms with van der Waals surface area (Å²) in [4.78, 5) is 12.5. The number of urea groups is 1. The molecule has 0 aliphatic carbocycles. The Kier molecular flexibility index (Phi) is 5.03. The van der Waals surface area contributed by atoms with Crippen LogP contribution < -0.4 is 10.1 Å². The van der Waals surface area contributed by atoms with E-state index in [2.05, 4.69) is 15.5 Å². The maximum Gasteiger partial charge on any atom is 0.337 e. The lowest BCUT2D eigenvalue weighted by Crippen LogP contribution is -2.41. The van der Waals surface area contributed by atoms with Crippen LogP contribution >= 0.6 is 0 Å². The van der Waals surface area contributed by atoms with Gasteiger partial charge < -0.3 is 10.1 Å². The number of rotatable bonds is 3. The summed E-state index contributed by atoms with van der Waals surface area (Å²) >= 11 is 0. The Hall–Kier alpha value is -3.61. The number of ether oxygens (including phenoxy) is 1. The average Bonchev–Trinajstić information content (AvgIpc) is 3.25. The number of amides is 2. The second kappa shape index (κ2) is 7.79. The minimum absolute atomic E-state index is 0.0798. The van der Waals surface area contributed by atoms with E-state index in [4.69, 9.17) is 9.84 Å². The van der Waals surface area contributed by atoms with Crippen LogP contribution in [-0.4, -0.2) is 47.1 Å². The van der Waals surface area contributed by atoms with Gasteiger partial charge in [-0.25, -0.2) is 9.80 Å². The number of hydrogen-bond donors (Lipinski definition) is 2. The topological polar surface area (TPSA) is 82.6 Å². The summed E-state index contributed by atoms with van der Waals surface area (Å²) in [5.41, 5.74) is 5.73. The van der Waals surface area contributed by atoms with Gasteiger partial charge in [-0.1, -0.05) is 30.3 Å². The molecule has 148 valence electrons. The highest BCUT2D eigenvalue weighted by molar-refractivity contribution is 6.14. The number of nitrogens with zero attached hydrogens (tertiary/aromatic N) is 3. The number of fused-ring (bicyclic) bond motifs is 1. The summed E-state index contributed by atoms with van der Waals surface area (Å²) in [6.45, 7) is 2.00. The molecule has 0 saturated heterocycles. The molecule has 1 aliphatic rings. The first-order valence-corrected chi connectivity index (χ1v) is 9.47. The summed E-state index contributed by atoms with van der Waals surface area (Å²) < 4.78 is 5.44. The minimum atomic E-state index is -0.233. The van der Waals surface area contributed by atoms with Gasteiger partial charge in [0.05, 0.1) is 24.6 Å². The Labute approximate surface area is 169 Å². The standard InChI is InChI=1S/C22H23N5O2/c1-14-12-17-8-9-18(29-3)13-19(17)21(26-27(14)22(28)23-2)16-6-4-15(5-7-16)20-10-11-24-25-20/h4-11,13-14H,12H2,1-3H3,(H,23,28)(H,24,25)/t14-/m0/s1. The van der Waals surface area contributed by atoms with E-state index in [0.29, 0.717) is 6.42 Å². The van der Waals surface area contributed by atoms with E-state index < -0.39 is 0 Å². The molecule has 7 heteroatoms. The monoisotopic (exact) mass is 389 g/mol. The molecular formula is C22H23N5O2. The predicted molar refractivity (Wildman–Crippen MR) is 112 cm³/mol. The van der Waals surface area contributed by atoms with Crippen LogP contribution in [0.25, 0.3) is 11.3 Å². The predicted octanol–water partition coefficient (Wildman–Crippen LogP) is 3.42. The van der Waals surface area contributed by atoms with Gasteiger partial charge in [0.25, 0.3) is 0 Å². The molecule has 3 aromatic rings. The van der Waals surface area contributed by atoms with Crippen molar-refractivity contribution < 1.29 is 9.53 Å². The Morgan fingerprint density at radius 2 is 1.93 bits per heavy atom. The number of aromatic nitrogens is 2. The van der Waals surface area contributed by atoms with Gasteiger partial charge in [0.1, 0.15) is 5.75 Å². The fourth-order valence-corrected chi connectivity index (χ4v) is 3.54. The first-order chi connectivity index (χ1) is 14.1. The summed E-state index contributed by atoms with van der Waals surface area (Å²) in [7, 11) is 3.26.